The average molecular weight is 335 g/mol. The lowest BCUT2D eigenvalue weighted by molar-refractivity contribution is 0.547. The summed E-state index contributed by atoms with van der Waals surface area (Å²) in [5, 5.41) is 3.29. The van der Waals surface area contributed by atoms with E-state index in [9.17, 15) is 0 Å². The number of hydrogen-bond donors (Lipinski definition) is 2. The second-order valence-corrected chi connectivity index (χ2v) is 6.65. The Morgan fingerprint density at radius 1 is 1.15 bits per heavy atom. The Morgan fingerprint density at radius 2 is 1.80 bits per heavy atom. The van der Waals surface area contributed by atoms with Crippen LogP contribution in [0.3, 0.4) is 0 Å². The van der Waals surface area contributed by atoms with Crippen molar-refractivity contribution in [2.75, 3.05) is 11.1 Å². The first-order valence-corrected chi connectivity index (χ1v) is 7.27. The van der Waals surface area contributed by atoms with Gasteiger partial charge in [0, 0.05) is 22.5 Å². The molecule has 106 valence electrons. The number of benzene rings is 1. The Balaban J connectivity index is 2.13. The minimum absolute atomic E-state index is 0.122. The van der Waals surface area contributed by atoms with Gasteiger partial charge < -0.3 is 11.1 Å². The second kappa shape index (κ2) is 5.79. The fraction of sp³-hybridized carbons (Fsp3) is 0.333. The molecule has 0 aliphatic carbocycles. The van der Waals surface area contributed by atoms with E-state index in [1.165, 1.54) is 5.56 Å². The Labute approximate surface area is 128 Å². The number of nitrogens with zero attached hydrogens (tertiary/aromatic N) is 2. The normalized spacial score (nSPS) is 11.4. The number of halogens is 1. The van der Waals surface area contributed by atoms with Crippen LogP contribution in [0.25, 0.3) is 0 Å². The van der Waals surface area contributed by atoms with Crippen molar-refractivity contribution in [2.24, 2.45) is 0 Å². The van der Waals surface area contributed by atoms with Gasteiger partial charge in [0.15, 0.2) is 0 Å². The molecule has 4 nitrogen and oxygen atoms in total. The molecular weight excluding hydrogens is 316 g/mol. The first-order valence-electron chi connectivity index (χ1n) is 6.48. The third-order valence-corrected chi connectivity index (χ3v) is 3.33. The average Bonchev–Trinajstić information content (AvgIpc) is 2.36. The summed E-state index contributed by atoms with van der Waals surface area (Å²) in [6, 6.07) is 9.92. The van der Waals surface area contributed by atoms with E-state index >= 15 is 0 Å². The number of aromatic nitrogens is 2. The Kier molecular flexibility index (Phi) is 4.28. The van der Waals surface area contributed by atoms with Crippen LogP contribution in [0.5, 0.6) is 0 Å². The quantitative estimate of drug-likeness (QED) is 0.897. The summed E-state index contributed by atoms with van der Waals surface area (Å²) in [4.78, 5) is 8.82. The van der Waals surface area contributed by atoms with Crippen LogP contribution < -0.4 is 11.1 Å². The van der Waals surface area contributed by atoms with Crippen LogP contribution in [-0.4, -0.2) is 9.97 Å². The van der Waals surface area contributed by atoms with E-state index in [4.69, 9.17) is 5.73 Å². The Hall–Kier alpha value is -1.62. The number of hydrogen-bond acceptors (Lipinski definition) is 4. The molecule has 3 N–H and O–H groups in total. The highest BCUT2D eigenvalue weighted by Gasteiger charge is 2.18. The van der Waals surface area contributed by atoms with E-state index in [1.54, 1.807) is 6.07 Å². The molecule has 2 aromatic rings. The smallest absolute Gasteiger partial charge is 0.138 e. The molecule has 0 radical (unpaired) electrons. The van der Waals surface area contributed by atoms with Gasteiger partial charge in [0.2, 0.25) is 0 Å². The SMILES string of the molecule is CC(C)(C)c1nc(N)cc(NCc2ccc(Br)cc2)n1. The van der Waals surface area contributed by atoms with Gasteiger partial charge in [-0.2, -0.15) is 0 Å². The molecular formula is C15H19BrN4. The zero-order chi connectivity index (χ0) is 14.8. The van der Waals surface area contributed by atoms with Gasteiger partial charge in [-0.3, -0.25) is 0 Å². The van der Waals surface area contributed by atoms with Crippen LogP contribution in [0.4, 0.5) is 11.6 Å². The van der Waals surface area contributed by atoms with Crippen LogP contribution in [0.2, 0.25) is 0 Å². The maximum Gasteiger partial charge on any atom is 0.138 e. The van der Waals surface area contributed by atoms with E-state index in [0.717, 1.165) is 16.1 Å². The molecule has 2 rings (SSSR count). The molecule has 0 amide bonds. The van der Waals surface area contributed by atoms with E-state index in [0.29, 0.717) is 12.4 Å². The Morgan fingerprint density at radius 3 is 2.40 bits per heavy atom. The largest absolute Gasteiger partial charge is 0.384 e. The lowest BCUT2D eigenvalue weighted by atomic mass is 9.96. The zero-order valence-corrected chi connectivity index (χ0v) is 13.5. The van der Waals surface area contributed by atoms with Crippen molar-refractivity contribution in [3.63, 3.8) is 0 Å². The molecule has 20 heavy (non-hydrogen) atoms. The van der Waals surface area contributed by atoms with Gasteiger partial charge in [-0.15, -0.1) is 0 Å². The molecule has 0 aliphatic heterocycles. The number of nitrogens with one attached hydrogen (secondary N) is 1. The van der Waals surface area contributed by atoms with Crippen molar-refractivity contribution < 1.29 is 0 Å². The molecule has 1 aromatic carbocycles. The summed E-state index contributed by atoms with van der Waals surface area (Å²) in [6.45, 7) is 6.91. The van der Waals surface area contributed by atoms with E-state index < -0.39 is 0 Å². The lowest BCUT2D eigenvalue weighted by Crippen LogP contribution is -2.18. The standard InChI is InChI=1S/C15H19BrN4/c1-15(2,3)14-19-12(17)8-13(20-14)18-9-10-4-6-11(16)7-5-10/h4-8H,9H2,1-3H3,(H3,17,18,19,20). The van der Waals surface area contributed by atoms with Gasteiger partial charge in [0.1, 0.15) is 17.5 Å². The minimum Gasteiger partial charge on any atom is -0.384 e. The van der Waals surface area contributed by atoms with Crippen LogP contribution in [0.1, 0.15) is 32.2 Å². The minimum atomic E-state index is -0.122. The molecule has 5 heteroatoms. The van der Waals surface area contributed by atoms with Crippen molar-refractivity contribution in [2.45, 2.75) is 32.7 Å². The third kappa shape index (κ3) is 3.93. The first-order chi connectivity index (χ1) is 9.34. The maximum absolute atomic E-state index is 5.85. The molecule has 0 saturated heterocycles. The van der Waals surface area contributed by atoms with E-state index in [1.807, 2.05) is 12.1 Å². The molecule has 0 spiro atoms. The molecule has 1 aromatic heterocycles. The van der Waals surface area contributed by atoms with Crippen molar-refractivity contribution in [3.05, 3.63) is 46.2 Å². The molecule has 0 unspecified atom stereocenters. The fourth-order valence-electron chi connectivity index (χ4n) is 1.69. The topological polar surface area (TPSA) is 63.8 Å². The van der Waals surface area contributed by atoms with Crippen molar-refractivity contribution in [3.8, 4) is 0 Å². The predicted molar refractivity (Wildman–Crippen MR) is 86.6 cm³/mol. The lowest BCUT2D eigenvalue weighted by Gasteiger charge is -2.18. The summed E-state index contributed by atoms with van der Waals surface area (Å²) in [6.07, 6.45) is 0. The summed E-state index contributed by atoms with van der Waals surface area (Å²) in [7, 11) is 0. The number of rotatable bonds is 3. The predicted octanol–water partition coefficient (Wildman–Crippen LogP) is 3.73. The molecule has 1 heterocycles. The maximum atomic E-state index is 5.85. The first kappa shape index (κ1) is 14.8. The summed E-state index contributed by atoms with van der Waals surface area (Å²) in [5.41, 5.74) is 6.91. The second-order valence-electron chi connectivity index (χ2n) is 5.73. The van der Waals surface area contributed by atoms with Crippen LogP contribution in [-0.2, 0) is 12.0 Å². The molecule has 0 bridgehead atoms. The van der Waals surface area contributed by atoms with Gasteiger partial charge >= 0.3 is 0 Å². The van der Waals surface area contributed by atoms with Gasteiger partial charge in [-0.25, -0.2) is 9.97 Å². The third-order valence-electron chi connectivity index (χ3n) is 2.80. The highest BCUT2D eigenvalue weighted by Crippen LogP contribution is 2.21. The number of nitrogen functional groups attached to an aromatic ring is 1. The highest BCUT2D eigenvalue weighted by molar-refractivity contribution is 9.10. The van der Waals surface area contributed by atoms with Crippen LogP contribution >= 0.6 is 15.9 Å². The van der Waals surface area contributed by atoms with Gasteiger partial charge in [0.25, 0.3) is 0 Å². The monoisotopic (exact) mass is 334 g/mol. The van der Waals surface area contributed by atoms with E-state index in [2.05, 4.69) is 64.1 Å². The molecule has 0 atom stereocenters. The fourth-order valence-corrected chi connectivity index (χ4v) is 1.95. The van der Waals surface area contributed by atoms with Crippen molar-refractivity contribution >= 4 is 27.6 Å². The van der Waals surface area contributed by atoms with Crippen molar-refractivity contribution in [1.82, 2.24) is 9.97 Å². The van der Waals surface area contributed by atoms with Gasteiger partial charge in [-0.05, 0) is 17.7 Å². The molecule has 0 saturated carbocycles. The number of nitrogens with two attached hydrogens (primary N) is 1. The van der Waals surface area contributed by atoms with Crippen molar-refractivity contribution in [1.29, 1.82) is 0 Å². The zero-order valence-electron chi connectivity index (χ0n) is 11.9. The van der Waals surface area contributed by atoms with Gasteiger partial charge in [0.05, 0.1) is 0 Å². The van der Waals surface area contributed by atoms with Crippen LogP contribution in [0.15, 0.2) is 34.8 Å². The summed E-state index contributed by atoms with van der Waals surface area (Å²) in [5.74, 6) is 1.99. The summed E-state index contributed by atoms with van der Waals surface area (Å²) >= 11 is 3.42. The molecule has 0 fully saturated rings. The highest BCUT2D eigenvalue weighted by atomic mass is 79.9. The van der Waals surface area contributed by atoms with Crippen LogP contribution in [0, 0.1) is 0 Å². The number of anilines is 2. The van der Waals surface area contributed by atoms with Gasteiger partial charge in [-0.1, -0.05) is 48.8 Å². The van der Waals surface area contributed by atoms with E-state index in [-0.39, 0.29) is 5.41 Å². The Bertz CT molecular complexity index is 588. The summed E-state index contributed by atoms with van der Waals surface area (Å²) < 4.78 is 1.07. The molecule has 0 aliphatic rings.